The van der Waals surface area contributed by atoms with Crippen molar-refractivity contribution in [3.63, 3.8) is 0 Å². The first-order valence-electron chi connectivity index (χ1n) is 7.32. The molecule has 0 spiro atoms. The Balaban J connectivity index is 1.66. The molecule has 0 bridgehead atoms. The van der Waals surface area contributed by atoms with Crippen molar-refractivity contribution in [3.8, 4) is 11.5 Å². The van der Waals surface area contributed by atoms with Crippen LogP contribution < -0.4 is 0 Å². The van der Waals surface area contributed by atoms with Crippen molar-refractivity contribution < 1.29 is 18.8 Å². The number of piperazine rings is 1. The van der Waals surface area contributed by atoms with Crippen LogP contribution in [0.4, 0.5) is 9.18 Å². The Morgan fingerprint density at radius 1 is 1.35 bits per heavy atom. The summed E-state index contributed by atoms with van der Waals surface area (Å²) in [5, 5.41) is 12.8. The Bertz CT molecular complexity index is 710. The number of nitrogens with zero attached hydrogens (tertiary/aromatic N) is 4. The first-order chi connectivity index (χ1) is 11.0. The van der Waals surface area contributed by atoms with Gasteiger partial charge in [0.05, 0.1) is 12.1 Å². The summed E-state index contributed by atoms with van der Waals surface area (Å²) < 4.78 is 19.0. The van der Waals surface area contributed by atoms with E-state index < -0.39 is 11.9 Å². The van der Waals surface area contributed by atoms with E-state index in [2.05, 4.69) is 10.1 Å². The van der Waals surface area contributed by atoms with E-state index in [-0.39, 0.29) is 5.89 Å². The zero-order valence-corrected chi connectivity index (χ0v) is 12.7. The smallest absolute Gasteiger partial charge is 0.407 e. The Kier molecular flexibility index (Phi) is 4.24. The summed E-state index contributed by atoms with van der Waals surface area (Å²) in [6.45, 7) is 4.43. The van der Waals surface area contributed by atoms with Crippen LogP contribution in [0.3, 0.4) is 0 Å². The van der Waals surface area contributed by atoms with Crippen molar-refractivity contribution in [1.82, 2.24) is 19.9 Å². The average molecular weight is 320 g/mol. The molecule has 0 saturated carbocycles. The molecule has 0 atom stereocenters. The van der Waals surface area contributed by atoms with Gasteiger partial charge in [-0.2, -0.15) is 4.98 Å². The third-order valence-corrected chi connectivity index (χ3v) is 3.83. The van der Waals surface area contributed by atoms with Crippen LogP contribution in [-0.4, -0.2) is 57.3 Å². The van der Waals surface area contributed by atoms with Gasteiger partial charge in [0.2, 0.25) is 0 Å². The van der Waals surface area contributed by atoms with Gasteiger partial charge in [0.25, 0.3) is 5.89 Å². The monoisotopic (exact) mass is 320 g/mol. The molecule has 23 heavy (non-hydrogen) atoms. The summed E-state index contributed by atoms with van der Waals surface area (Å²) in [6, 6.07) is 4.72. The second kappa shape index (κ2) is 6.33. The number of halogens is 1. The third kappa shape index (κ3) is 3.48. The second-order valence-electron chi connectivity index (χ2n) is 5.54. The summed E-state index contributed by atoms with van der Waals surface area (Å²) >= 11 is 0. The highest BCUT2D eigenvalue weighted by Crippen LogP contribution is 2.22. The van der Waals surface area contributed by atoms with Gasteiger partial charge < -0.3 is 14.5 Å². The van der Waals surface area contributed by atoms with E-state index in [9.17, 15) is 9.18 Å². The fourth-order valence-corrected chi connectivity index (χ4v) is 2.53. The van der Waals surface area contributed by atoms with Gasteiger partial charge in [0, 0.05) is 26.2 Å². The summed E-state index contributed by atoms with van der Waals surface area (Å²) in [5.74, 6) is 0.218. The van der Waals surface area contributed by atoms with Crippen LogP contribution in [0.2, 0.25) is 0 Å². The lowest BCUT2D eigenvalue weighted by atomic mass is 10.1. The lowest BCUT2D eigenvalue weighted by molar-refractivity contribution is 0.101. The van der Waals surface area contributed by atoms with Crippen molar-refractivity contribution in [2.45, 2.75) is 13.5 Å². The van der Waals surface area contributed by atoms with Crippen molar-refractivity contribution in [1.29, 1.82) is 0 Å². The molecule has 3 rings (SSSR count). The molecule has 1 amide bonds. The lowest BCUT2D eigenvalue weighted by Gasteiger charge is -2.32. The van der Waals surface area contributed by atoms with Gasteiger partial charge in [-0.15, -0.1) is 0 Å². The highest BCUT2D eigenvalue weighted by molar-refractivity contribution is 5.65. The van der Waals surface area contributed by atoms with Crippen LogP contribution in [0.15, 0.2) is 22.7 Å². The maximum Gasteiger partial charge on any atom is 0.407 e. The van der Waals surface area contributed by atoms with E-state index in [1.165, 1.54) is 11.0 Å². The highest BCUT2D eigenvalue weighted by atomic mass is 19.1. The molecule has 1 aromatic heterocycles. The maximum absolute atomic E-state index is 13.8. The molecule has 122 valence electrons. The SMILES string of the molecule is Cc1ccc(F)c(-c2nc(CN3CCN(C(=O)O)CC3)no2)c1. The number of hydrogen-bond donors (Lipinski definition) is 1. The fraction of sp³-hybridized carbons (Fsp3) is 0.400. The number of hydrogen-bond acceptors (Lipinski definition) is 5. The van der Waals surface area contributed by atoms with Crippen LogP contribution in [-0.2, 0) is 6.54 Å². The molecule has 1 saturated heterocycles. The topological polar surface area (TPSA) is 82.7 Å². The van der Waals surface area contributed by atoms with Crippen molar-refractivity contribution in [2.24, 2.45) is 0 Å². The number of aromatic nitrogens is 2. The minimum absolute atomic E-state index is 0.158. The van der Waals surface area contributed by atoms with E-state index in [1.807, 2.05) is 11.8 Å². The Labute approximate surface area is 132 Å². The van der Waals surface area contributed by atoms with Gasteiger partial charge in [0.15, 0.2) is 5.82 Å². The quantitative estimate of drug-likeness (QED) is 0.931. The van der Waals surface area contributed by atoms with Crippen molar-refractivity contribution >= 4 is 6.09 Å². The van der Waals surface area contributed by atoms with Gasteiger partial charge in [-0.05, 0) is 19.1 Å². The highest BCUT2D eigenvalue weighted by Gasteiger charge is 2.22. The molecular formula is C15H17FN4O3. The van der Waals surface area contributed by atoms with E-state index in [0.717, 1.165) is 5.56 Å². The predicted octanol–water partition coefficient (Wildman–Crippen LogP) is 1.98. The lowest BCUT2D eigenvalue weighted by Crippen LogP contribution is -2.47. The second-order valence-corrected chi connectivity index (χ2v) is 5.54. The molecule has 1 aliphatic heterocycles. The molecule has 0 unspecified atom stereocenters. The number of rotatable bonds is 3. The minimum atomic E-state index is -0.901. The number of benzene rings is 1. The van der Waals surface area contributed by atoms with Gasteiger partial charge in [-0.25, -0.2) is 9.18 Å². The van der Waals surface area contributed by atoms with E-state index in [1.54, 1.807) is 12.1 Å². The molecule has 7 nitrogen and oxygen atoms in total. The van der Waals surface area contributed by atoms with Crippen LogP contribution in [0, 0.1) is 12.7 Å². The van der Waals surface area contributed by atoms with Crippen LogP contribution >= 0.6 is 0 Å². The Morgan fingerprint density at radius 3 is 2.78 bits per heavy atom. The molecule has 2 heterocycles. The molecule has 1 N–H and O–H groups in total. The van der Waals surface area contributed by atoms with Gasteiger partial charge in [-0.3, -0.25) is 4.90 Å². The fourth-order valence-electron chi connectivity index (χ4n) is 2.53. The molecule has 0 radical (unpaired) electrons. The van der Waals surface area contributed by atoms with Crippen LogP contribution in [0.25, 0.3) is 11.5 Å². The van der Waals surface area contributed by atoms with Crippen LogP contribution in [0.1, 0.15) is 11.4 Å². The summed E-state index contributed by atoms with van der Waals surface area (Å²) in [6.07, 6.45) is -0.901. The van der Waals surface area contributed by atoms with Crippen molar-refractivity contribution in [2.75, 3.05) is 26.2 Å². The number of aryl methyl sites for hydroxylation is 1. The molecular weight excluding hydrogens is 303 g/mol. The summed E-state index contributed by atoms with van der Waals surface area (Å²) in [4.78, 5) is 18.5. The number of carboxylic acid groups (broad SMARTS) is 1. The molecule has 0 aliphatic carbocycles. The van der Waals surface area contributed by atoms with E-state index in [4.69, 9.17) is 9.63 Å². The van der Waals surface area contributed by atoms with E-state index in [0.29, 0.717) is 44.1 Å². The summed E-state index contributed by atoms with van der Waals surface area (Å²) in [7, 11) is 0. The molecule has 1 aromatic carbocycles. The maximum atomic E-state index is 13.8. The van der Waals surface area contributed by atoms with Gasteiger partial charge in [-0.1, -0.05) is 16.8 Å². The normalized spacial score (nSPS) is 15.8. The zero-order chi connectivity index (χ0) is 16.4. The Morgan fingerprint density at radius 2 is 2.09 bits per heavy atom. The Hall–Kier alpha value is -2.48. The van der Waals surface area contributed by atoms with Crippen LogP contribution in [0.5, 0.6) is 0 Å². The predicted molar refractivity (Wildman–Crippen MR) is 79.3 cm³/mol. The molecule has 1 aliphatic rings. The molecule has 2 aromatic rings. The first-order valence-corrected chi connectivity index (χ1v) is 7.32. The zero-order valence-electron chi connectivity index (χ0n) is 12.7. The van der Waals surface area contributed by atoms with Gasteiger partial charge >= 0.3 is 6.09 Å². The summed E-state index contributed by atoms with van der Waals surface area (Å²) in [5.41, 5.74) is 1.20. The minimum Gasteiger partial charge on any atom is -0.465 e. The standard InChI is InChI=1S/C15H17FN4O3/c1-10-2-3-12(16)11(8-10)14-17-13(18-23-14)9-19-4-6-20(7-5-19)15(21)22/h2-3,8H,4-7,9H2,1H3,(H,21,22). The number of carbonyl (C=O) groups is 1. The number of amides is 1. The van der Waals surface area contributed by atoms with Gasteiger partial charge in [0.1, 0.15) is 5.82 Å². The molecule has 1 fully saturated rings. The average Bonchev–Trinajstić information content (AvgIpc) is 2.98. The van der Waals surface area contributed by atoms with Crippen molar-refractivity contribution in [3.05, 3.63) is 35.4 Å². The first kappa shape index (κ1) is 15.4. The van der Waals surface area contributed by atoms with E-state index >= 15 is 0 Å². The third-order valence-electron chi connectivity index (χ3n) is 3.83. The largest absolute Gasteiger partial charge is 0.465 e. The molecule has 8 heteroatoms.